The van der Waals surface area contributed by atoms with Crippen molar-refractivity contribution < 1.29 is 4.74 Å². The van der Waals surface area contributed by atoms with Gasteiger partial charge in [0.1, 0.15) is 11.9 Å². The average Bonchev–Trinajstić information content (AvgIpc) is 2.64. The molecule has 0 spiro atoms. The Morgan fingerprint density at radius 2 is 2.36 bits per heavy atom. The van der Waals surface area contributed by atoms with Gasteiger partial charge in [-0.1, -0.05) is 22.0 Å². The summed E-state index contributed by atoms with van der Waals surface area (Å²) in [4.78, 5) is 0. The summed E-state index contributed by atoms with van der Waals surface area (Å²) in [5.74, 6) is 0.955. The van der Waals surface area contributed by atoms with Crippen LogP contribution in [-0.4, -0.2) is 19.2 Å². The van der Waals surface area contributed by atoms with Crippen LogP contribution in [0.4, 0.5) is 0 Å². The molecule has 1 N–H and O–H groups in total. The monoisotopic (exact) mass is 255 g/mol. The van der Waals surface area contributed by atoms with Crippen LogP contribution >= 0.6 is 15.9 Å². The Kier molecular flexibility index (Phi) is 3.08. The third-order valence-electron chi connectivity index (χ3n) is 2.46. The second-order valence-electron chi connectivity index (χ2n) is 3.64. The summed E-state index contributed by atoms with van der Waals surface area (Å²) < 4.78 is 6.93. The van der Waals surface area contributed by atoms with E-state index in [0.717, 1.165) is 29.7 Å². The van der Waals surface area contributed by atoms with Gasteiger partial charge in [0.05, 0.1) is 0 Å². The number of hydrogen-bond donors (Lipinski definition) is 1. The summed E-state index contributed by atoms with van der Waals surface area (Å²) in [5, 5.41) is 3.28. The molecule has 0 saturated carbocycles. The van der Waals surface area contributed by atoms with Crippen molar-refractivity contribution in [2.75, 3.05) is 13.1 Å². The van der Waals surface area contributed by atoms with Gasteiger partial charge in [-0.05, 0) is 37.6 Å². The van der Waals surface area contributed by atoms with Gasteiger partial charge in [0.15, 0.2) is 0 Å². The Morgan fingerprint density at radius 1 is 1.50 bits per heavy atom. The highest BCUT2D eigenvalue weighted by atomic mass is 79.9. The van der Waals surface area contributed by atoms with Crippen molar-refractivity contribution in [1.29, 1.82) is 0 Å². The van der Waals surface area contributed by atoms with E-state index < -0.39 is 0 Å². The fourth-order valence-corrected chi connectivity index (χ4v) is 1.93. The Balaban J connectivity index is 2.05. The van der Waals surface area contributed by atoms with E-state index in [0.29, 0.717) is 6.10 Å². The molecule has 1 fully saturated rings. The fourth-order valence-electron chi connectivity index (χ4n) is 1.57. The van der Waals surface area contributed by atoms with E-state index >= 15 is 0 Å². The third-order valence-corrected chi connectivity index (χ3v) is 3.32. The molecule has 0 radical (unpaired) electrons. The molecule has 1 atom stereocenters. The molecular weight excluding hydrogens is 242 g/mol. The minimum atomic E-state index is 0.338. The summed E-state index contributed by atoms with van der Waals surface area (Å²) in [6.07, 6.45) is 1.44. The van der Waals surface area contributed by atoms with Gasteiger partial charge >= 0.3 is 0 Å². The van der Waals surface area contributed by atoms with Crippen LogP contribution in [0, 0.1) is 6.92 Å². The largest absolute Gasteiger partial charge is 0.489 e. The van der Waals surface area contributed by atoms with E-state index in [1.165, 1.54) is 5.56 Å². The van der Waals surface area contributed by atoms with Crippen LogP contribution in [0.25, 0.3) is 0 Å². The number of halogens is 1. The Bertz CT molecular complexity index is 321. The first-order valence-electron chi connectivity index (χ1n) is 4.89. The van der Waals surface area contributed by atoms with Crippen molar-refractivity contribution in [3.8, 4) is 5.75 Å². The minimum Gasteiger partial charge on any atom is -0.489 e. The summed E-state index contributed by atoms with van der Waals surface area (Å²) >= 11 is 3.50. The number of benzene rings is 1. The van der Waals surface area contributed by atoms with Crippen LogP contribution < -0.4 is 10.1 Å². The molecular formula is C11H14BrNO. The molecule has 0 amide bonds. The van der Waals surface area contributed by atoms with Crippen LogP contribution in [0.2, 0.25) is 0 Å². The summed E-state index contributed by atoms with van der Waals surface area (Å²) in [6.45, 7) is 4.11. The second kappa shape index (κ2) is 4.32. The summed E-state index contributed by atoms with van der Waals surface area (Å²) in [7, 11) is 0. The standard InChI is InChI=1S/C11H14BrNO/c1-8-2-3-9(6-11(8)12)14-10-4-5-13-7-10/h2-3,6,10,13H,4-5,7H2,1H3. The van der Waals surface area contributed by atoms with E-state index in [2.05, 4.69) is 34.2 Å². The molecule has 14 heavy (non-hydrogen) atoms. The van der Waals surface area contributed by atoms with Gasteiger partial charge in [0, 0.05) is 11.0 Å². The molecule has 1 aliphatic rings. The van der Waals surface area contributed by atoms with Crippen molar-refractivity contribution in [3.05, 3.63) is 28.2 Å². The van der Waals surface area contributed by atoms with Gasteiger partial charge in [0.2, 0.25) is 0 Å². The number of nitrogens with one attached hydrogen (secondary N) is 1. The first-order chi connectivity index (χ1) is 6.75. The fraction of sp³-hybridized carbons (Fsp3) is 0.455. The SMILES string of the molecule is Cc1ccc(OC2CCNC2)cc1Br. The Morgan fingerprint density at radius 3 is 3.00 bits per heavy atom. The second-order valence-corrected chi connectivity index (χ2v) is 4.50. The number of hydrogen-bond acceptors (Lipinski definition) is 2. The highest BCUT2D eigenvalue weighted by Gasteiger charge is 2.15. The molecule has 0 aromatic heterocycles. The Hall–Kier alpha value is -0.540. The maximum Gasteiger partial charge on any atom is 0.120 e. The summed E-state index contributed by atoms with van der Waals surface area (Å²) in [6, 6.07) is 6.13. The minimum absolute atomic E-state index is 0.338. The first-order valence-corrected chi connectivity index (χ1v) is 5.68. The molecule has 1 heterocycles. The smallest absolute Gasteiger partial charge is 0.120 e. The molecule has 1 aliphatic heterocycles. The van der Waals surface area contributed by atoms with E-state index in [1.807, 2.05) is 12.1 Å². The zero-order chi connectivity index (χ0) is 9.97. The molecule has 1 aromatic rings. The van der Waals surface area contributed by atoms with Gasteiger partial charge in [-0.25, -0.2) is 0 Å². The van der Waals surface area contributed by atoms with Gasteiger partial charge in [-0.15, -0.1) is 0 Å². The van der Waals surface area contributed by atoms with Crippen molar-refractivity contribution in [3.63, 3.8) is 0 Å². The molecule has 0 bridgehead atoms. The van der Waals surface area contributed by atoms with Crippen LogP contribution in [0.15, 0.2) is 22.7 Å². The maximum atomic E-state index is 5.82. The van der Waals surface area contributed by atoms with Crippen molar-refractivity contribution >= 4 is 15.9 Å². The molecule has 0 aliphatic carbocycles. The van der Waals surface area contributed by atoms with Crippen molar-refractivity contribution in [2.45, 2.75) is 19.4 Å². The zero-order valence-corrected chi connectivity index (χ0v) is 9.80. The van der Waals surface area contributed by atoms with Gasteiger partial charge in [0.25, 0.3) is 0 Å². The maximum absolute atomic E-state index is 5.82. The number of ether oxygens (including phenoxy) is 1. The molecule has 1 aromatic carbocycles. The molecule has 76 valence electrons. The van der Waals surface area contributed by atoms with E-state index in [-0.39, 0.29) is 0 Å². The van der Waals surface area contributed by atoms with E-state index in [4.69, 9.17) is 4.74 Å². The zero-order valence-electron chi connectivity index (χ0n) is 8.22. The van der Waals surface area contributed by atoms with E-state index in [9.17, 15) is 0 Å². The number of aryl methyl sites for hydroxylation is 1. The molecule has 3 heteroatoms. The first kappa shape index (κ1) is 9.99. The van der Waals surface area contributed by atoms with Crippen LogP contribution in [0.1, 0.15) is 12.0 Å². The lowest BCUT2D eigenvalue weighted by molar-refractivity contribution is 0.223. The van der Waals surface area contributed by atoms with Crippen molar-refractivity contribution in [1.82, 2.24) is 5.32 Å². The van der Waals surface area contributed by atoms with Gasteiger partial charge in [-0.3, -0.25) is 0 Å². The quantitative estimate of drug-likeness (QED) is 0.877. The predicted molar refractivity (Wildman–Crippen MR) is 60.8 cm³/mol. The van der Waals surface area contributed by atoms with E-state index in [1.54, 1.807) is 0 Å². The average molecular weight is 256 g/mol. The number of rotatable bonds is 2. The topological polar surface area (TPSA) is 21.3 Å². The van der Waals surface area contributed by atoms with Crippen LogP contribution in [0.3, 0.4) is 0 Å². The normalized spacial score (nSPS) is 21.1. The van der Waals surface area contributed by atoms with Crippen LogP contribution in [0.5, 0.6) is 5.75 Å². The Labute approximate surface area is 92.8 Å². The third kappa shape index (κ3) is 2.28. The van der Waals surface area contributed by atoms with Crippen LogP contribution in [-0.2, 0) is 0 Å². The van der Waals surface area contributed by atoms with Gasteiger partial charge < -0.3 is 10.1 Å². The lowest BCUT2D eigenvalue weighted by Crippen LogP contribution is -2.19. The molecule has 1 saturated heterocycles. The molecule has 1 unspecified atom stereocenters. The molecule has 2 nitrogen and oxygen atoms in total. The van der Waals surface area contributed by atoms with Gasteiger partial charge in [-0.2, -0.15) is 0 Å². The summed E-state index contributed by atoms with van der Waals surface area (Å²) in [5.41, 5.74) is 1.24. The predicted octanol–water partition coefficient (Wildman–Crippen LogP) is 2.50. The van der Waals surface area contributed by atoms with Crippen molar-refractivity contribution in [2.24, 2.45) is 0 Å². The lowest BCUT2D eigenvalue weighted by Gasteiger charge is -2.13. The highest BCUT2D eigenvalue weighted by Crippen LogP contribution is 2.23. The highest BCUT2D eigenvalue weighted by molar-refractivity contribution is 9.10. The lowest BCUT2D eigenvalue weighted by atomic mass is 10.2. The molecule has 2 rings (SSSR count).